The molecule has 0 saturated heterocycles. The molecule has 0 aliphatic carbocycles. The van der Waals surface area contributed by atoms with Gasteiger partial charge in [0.1, 0.15) is 11.4 Å². The standard InChI is InChI=1S/C13H18O4/c1-12(2,11(14)15)13(3,16)9-6-5-7-10(8-9)17-4/h5-8,16H,1-4H3,(H,14,15). The van der Waals surface area contributed by atoms with Gasteiger partial charge in [0.25, 0.3) is 0 Å². The first-order valence-electron chi connectivity index (χ1n) is 5.34. The summed E-state index contributed by atoms with van der Waals surface area (Å²) in [6.07, 6.45) is 0. The van der Waals surface area contributed by atoms with Gasteiger partial charge in [0.15, 0.2) is 0 Å². The summed E-state index contributed by atoms with van der Waals surface area (Å²) in [6, 6.07) is 6.80. The highest BCUT2D eigenvalue weighted by atomic mass is 16.5. The van der Waals surface area contributed by atoms with Crippen molar-refractivity contribution >= 4 is 5.97 Å². The molecule has 0 radical (unpaired) electrons. The van der Waals surface area contributed by atoms with Gasteiger partial charge in [-0.05, 0) is 38.5 Å². The van der Waals surface area contributed by atoms with Crippen LogP contribution in [0, 0.1) is 5.41 Å². The van der Waals surface area contributed by atoms with Crippen molar-refractivity contribution in [1.29, 1.82) is 0 Å². The molecule has 0 aliphatic heterocycles. The number of aliphatic carboxylic acids is 1. The Bertz CT molecular complexity index is 421. The Labute approximate surface area is 101 Å². The van der Waals surface area contributed by atoms with Crippen LogP contribution < -0.4 is 4.74 Å². The molecule has 0 saturated carbocycles. The Kier molecular flexibility index (Phi) is 3.48. The van der Waals surface area contributed by atoms with Crippen molar-refractivity contribution in [3.63, 3.8) is 0 Å². The number of benzene rings is 1. The highest BCUT2D eigenvalue weighted by Crippen LogP contribution is 2.40. The Morgan fingerprint density at radius 3 is 2.35 bits per heavy atom. The van der Waals surface area contributed by atoms with E-state index in [9.17, 15) is 15.0 Å². The van der Waals surface area contributed by atoms with Crippen LogP contribution in [0.2, 0.25) is 0 Å². The van der Waals surface area contributed by atoms with Crippen LogP contribution in [-0.4, -0.2) is 23.3 Å². The van der Waals surface area contributed by atoms with Crippen LogP contribution in [0.15, 0.2) is 24.3 Å². The maximum atomic E-state index is 11.2. The molecule has 0 amide bonds. The van der Waals surface area contributed by atoms with Gasteiger partial charge in [0, 0.05) is 0 Å². The second kappa shape index (κ2) is 4.37. The van der Waals surface area contributed by atoms with E-state index in [1.54, 1.807) is 24.3 Å². The Balaban J connectivity index is 3.25. The van der Waals surface area contributed by atoms with E-state index in [-0.39, 0.29) is 0 Å². The number of carboxylic acid groups (broad SMARTS) is 1. The second-order valence-electron chi connectivity index (χ2n) is 4.73. The van der Waals surface area contributed by atoms with E-state index in [1.807, 2.05) is 0 Å². The summed E-state index contributed by atoms with van der Waals surface area (Å²) in [5, 5.41) is 19.6. The van der Waals surface area contributed by atoms with Crippen LogP contribution in [0.4, 0.5) is 0 Å². The largest absolute Gasteiger partial charge is 0.497 e. The van der Waals surface area contributed by atoms with Crippen molar-refractivity contribution in [2.75, 3.05) is 7.11 Å². The average molecular weight is 238 g/mol. The summed E-state index contributed by atoms with van der Waals surface area (Å²) < 4.78 is 5.06. The molecule has 1 rings (SSSR count). The molecule has 1 unspecified atom stereocenters. The minimum absolute atomic E-state index is 0.518. The van der Waals surface area contributed by atoms with E-state index in [2.05, 4.69) is 0 Å². The molecule has 0 heterocycles. The van der Waals surface area contributed by atoms with E-state index in [1.165, 1.54) is 27.9 Å². The van der Waals surface area contributed by atoms with Crippen LogP contribution >= 0.6 is 0 Å². The summed E-state index contributed by atoms with van der Waals surface area (Å²) in [6.45, 7) is 4.49. The van der Waals surface area contributed by atoms with Crippen LogP contribution in [0.25, 0.3) is 0 Å². The normalized spacial score (nSPS) is 15.1. The second-order valence-corrected chi connectivity index (χ2v) is 4.73. The van der Waals surface area contributed by atoms with Gasteiger partial charge in [-0.1, -0.05) is 12.1 Å². The first-order chi connectivity index (χ1) is 7.73. The maximum absolute atomic E-state index is 11.2. The minimum Gasteiger partial charge on any atom is -0.497 e. The number of methoxy groups -OCH3 is 1. The number of carboxylic acids is 1. The van der Waals surface area contributed by atoms with Crippen molar-refractivity contribution < 1.29 is 19.7 Å². The molecular weight excluding hydrogens is 220 g/mol. The number of aliphatic hydroxyl groups is 1. The van der Waals surface area contributed by atoms with E-state index in [4.69, 9.17) is 4.74 Å². The molecule has 1 aromatic rings. The molecule has 94 valence electrons. The fourth-order valence-corrected chi connectivity index (χ4v) is 1.49. The summed E-state index contributed by atoms with van der Waals surface area (Å²) in [4.78, 5) is 11.2. The molecule has 4 nitrogen and oxygen atoms in total. The van der Waals surface area contributed by atoms with Gasteiger partial charge < -0.3 is 14.9 Å². The highest BCUT2D eigenvalue weighted by Gasteiger charge is 2.46. The quantitative estimate of drug-likeness (QED) is 0.842. The van der Waals surface area contributed by atoms with Crippen LogP contribution in [-0.2, 0) is 10.4 Å². The van der Waals surface area contributed by atoms with Crippen LogP contribution in [0.5, 0.6) is 5.75 Å². The summed E-state index contributed by atoms with van der Waals surface area (Å²) >= 11 is 0. The van der Waals surface area contributed by atoms with E-state index >= 15 is 0 Å². The third-order valence-corrected chi connectivity index (χ3v) is 3.38. The molecule has 0 aliphatic rings. The molecule has 2 N–H and O–H groups in total. The summed E-state index contributed by atoms with van der Waals surface area (Å²) in [5.74, 6) is -0.464. The monoisotopic (exact) mass is 238 g/mol. The summed E-state index contributed by atoms with van der Waals surface area (Å²) in [7, 11) is 1.52. The van der Waals surface area contributed by atoms with Gasteiger partial charge in [0.05, 0.1) is 12.5 Å². The topological polar surface area (TPSA) is 66.8 Å². The smallest absolute Gasteiger partial charge is 0.312 e. The zero-order chi connectivity index (χ0) is 13.3. The Morgan fingerprint density at radius 1 is 1.29 bits per heavy atom. The van der Waals surface area contributed by atoms with Gasteiger partial charge in [-0.2, -0.15) is 0 Å². The Morgan fingerprint density at radius 2 is 1.88 bits per heavy atom. The Hall–Kier alpha value is -1.55. The van der Waals surface area contributed by atoms with Crippen molar-refractivity contribution in [3.8, 4) is 5.75 Å². The van der Waals surface area contributed by atoms with E-state index in [0.29, 0.717) is 11.3 Å². The van der Waals surface area contributed by atoms with Crippen molar-refractivity contribution in [2.24, 2.45) is 5.41 Å². The highest BCUT2D eigenvalue weighted by molar-refractivity contribution is 5.75. The third kappa shape index (κ3) is 2.26. The number of hydrogen-bond donors (Lipinski definition) is 2. The van der Waals surface area contributed by atoms with Gasteiger partial charge in [-0.25, -0.2) is 0 Å². The van der Waals surface area contributed by atoms with Gasteiger partial charge in [0.2, 0.25) is 0 Å². The number of carbonyl (C=O) groups is 1. The molecule has 1 aromatic carbocycles. The molecule has 0 bridgehead atoms. The van der Waals surface area contributed by atoms with Gasteiger partial charge >= 0.3 is 5.97 Å². The lowest BCUT2D eigenvalue weighted by atomic mass is 9.72. The maximum Gasteiger partial charge on any atom is 0.312 e. The average Bonchev–Trinajstić information content (AvgIpc) is 2.28. The lowest BCUT2D eigenvalue weighted by molar-refractivity contribution is -0.164. The van der Waals surface area contributed by atoms with Gasteiger partial charge in [-0.3, -0.25) is 4.79 Å². The van der Waals surface area contributed by atoms with Crippen LogP contribution in [0.1, 0.15) is 26.3 Å². The molecule has 4 heteroatoms. The minimum atomic E-state index is -1.48. The molecule has 0 spiro atoms. The van der Waals surface area contributed by atoms with Crippen molar-refractivity contribution in [2.45, 2.75) is 26.4 Å². The fraction of sp³-hybridized carbons (Fsp3) is 0.462. The summed E-state index contributed by atoms with van der Waals surface area (Å²) in [5.41, 5.74) is -2.25. The number of hydrogen-bond acceptors (Lipinski definition) is 3. The zero-order valence-corrected chi connectivity index (χ0v) is 10.5. The zero-order valence-electron chi connectivity index (χ0n) is 10.5. The third-order valence-electron chi connectivity index (χ3n) is 3.38. The first kappa shape index (κ1) is 13.5. The van der Waals surface area contributed by atoms with E-state index < -0.39 is 17.0 Å². The molecule has 0 aromatic heterocycles. The van der Waals surface area contributed by atoms with E-state index in [0.717, 1.165) is 0 Å². The lowest BCUT2D eigenvalue weighted by Crippen LogP contribution is -2.44. The van der Waals surface area contributed by atoms with Gasteiger partial charge in [-0.15, -0.1) is 0 Å². The number of rotatable bonds is 4. The number of ether oxygens (including phenoxy) is 1. The van der Waals surface area contributed by atoms with Crippen LogP contribution in [0.3, 0.4) is 0 Å². The molecule has 0 fully saturated rings. The van der Waals surface area contributed by atoms with Crippen molar-refractivity contribution in [1.82, 2.24) is 0 Å². The molecular formula is C13H18O4. The van der Waals surface area contributed by atoms with Crippen molar-refractivity contribution in [3.05, 3.63) is 29.8 Å². The SMILES string of the molecule is COc1cccc(C(C)(O)C(C)(C)C(=O)O)c1. The fourth-order valence-electron chi connectivity index (χ4n) is 1.49. The molecule has 1 atom stereocenters. The molecule has 17 heavy (non-hydrogen) atoms. The lowest BCUT2D eigenvalue weighted by Gasteiger charge is -2.37. The predicted octanol–water partition coefficient (Wildman–Crippen LogP) is 2.01. The predicted molar refractivity (Wildman–Crippen MR) is 64.0 cm³/mol. The first-order valence-corrected chi connectivity index (χ1v) is 5.34.